The van der Waals surface area contributed by atoms with Crippen LogP contribution in [0.2, 0.25) is 0 Å². The Hall–Kier alpha value is -1.64. The number of benzene rings is 1. The van der Waals surface area contributed by atoms with Gasteiger partial charge < -0.3 is 5.73 Å². The number of hydrogen-bond donors (Lipinski definition) is 1. The molecule has 1 aromatic heterocycles. The van der Waals surface area contributed by atoms with E-state index < -0.39 is 0 Å². The Labute approximate surface area is 76.6 Å². The number of aromatic nitrogens is 2. The van der Waals surface area contributed by atoms with Crippen molar-refractivity contribution >= 4 is 16.9 Å². The zero-order valence-electron chi connectivity index (χ0n) is 7.49. The van der Waals surface area contributed by atoms with Gasteiger partial charge in [-0.05, 0) is 18.6 Å². The minimum absolute atomic E-state index is 0.543. The van der Waals surface area contributed by atoms with E-state index in [0.717, 1.165) is 23.1 Å². The van der Waals surface area contributed by atoms with Gasteiger partial charge in [0, 0.05) is 0 Å². The summed E-state index contributed by atoms with van der Waals surface area (Å²) in [7, 11) is 0. The van der Waals surface area contributed by atoms with Gasteiger partial charge >= 0.3 is 0 Å². The van der Waals surface area contributed by atoms with Gasteiger partial charge in [-0.3, -0.25) is 0 Å². The van der Waals surface area contributed by atoms with Crippen LogP contribution in [0.1, 0.15) is 12.6 Å². The number of nitrogen functional groups attached to an aromatic ring is 1. The quantitative estimate of drug-likeness (QED) is 0.715. The highest BCUT2D eigenvalue weighted by Gasteiger charge is 2.02. The van der Waals surface area contributed by atoms with Gasteiger partial charge in [-0.2, -0.15) is 0 Å². The highest BCUT2D eigenvalue weighted by atomic mass is 14.9. The highest BCUT2D eigenvalue weighted by molar-refractivity contribution is 5.75. The lowest BCUT2D eigenvalue weighted by atomic mass is 10.2. The molecule has 0 unspecified atom stereocenters. The molecule has 0 fully saturated rings. The number of para-hydroxylation sites is 2. The lowest BCUT2D eigenvalue weighted by Gasteiger charge is -2.02. The molecule has 2 rings (SSSR count). The summed E-state index contributed by atoms with van der Waals surface area (Å²) in [5.41, 5.74) is 8.37. The van der Waals surface area contributed by atoms with Gasteiger partial charge in [0.15, 0.2) is 0 Å². The second-order valence-corrected chi connectivity index (χ2v) is 2.90. The number of nitrogens with zero attached hydrogens (tertiary/aromatic N) is 2. The summed E-state index contributed by atoms with van der Waals surface area (Å²) in [6.45, 7) is 2.02. The second kappa shape index (κ2) is 3.01. The van der Waals surface area contributed by atoms with E-state index in [9.17, 15) is 0 Å². The van der Waals surface area contributed by atoms with Crippen molar-refractivity contribution in [2.45, 2.75) is 13.3 Å². The minimum atomic E-state index is 0.543. The third-order valence-corrected chi connectivity index (χ3v) is 2.01. The Bertz CT molecular complexity index is 437. The molecule has 66 valence electrons. The van der Waals surface area contributed by atoms with Gasteiger partial charge in [0.1, 0.15) is 5.82 Å². The Morgan fingerprint density at radius 1 is 1.15 bits per heavy atom. The van der Waals surface area contributed by atoms with Gasteiger partial charge in [-0.1, -0.05) is 19.1 Å². The van der Waals surface area contributed by atoms with E-state index in [2.05, 4.69) is 9.97 Å². The van der Waals surface area contributed by atoms with E-state index in [0.29, 0.717) is 5.82 Å². The number of fused-ring (bicyclic) bond motifs is 1. The Balaban J connectivity index is 2.74. The zero-order chi connectivity index (χ0) is 9.26. The van der Waals surface area contributed by atoms with Crippen molar-refractivity contribution in [2.75, 3.05) is 5.73 Å². The van der Waals surface area contributed by atoms with Crippen molar-refractivity contribution in [1.29, 1.82) is 0 Å². The second-order valence-electron chi connectivity index (χ2n) is 2.90. The molecule has 0 bridgehead atoms. The maximum Gasteiger partial charge on any atom is 0.145 e. The molecular weight excluding hydrogens is 162 g/mol. The van der Waals surface area contributed by atoms with E-state index in [4.69, 9.17) is 5.73 Å². The summed E-state index contributed by atoms with van der Waals surface area (Å²) in [6, 6.07) is 7.74. The molecule has 0 aliphatic carbocycles. The molecule has 0 amide bonds. The zero-order valence-corrected chi connectivity index (χ0v) is 7.49. The number of rotatable bonds is 1. The summed E-state index contributed by atoms with van der Waals surface area (Å²) in [4.78, 5) is 8.67. The average molecular weight is 173 g/mol. The number of anilines is 1. The normalized spacial score (nSPS) is 10.5. The molecule has 1 heterocycles. The van der Waals surface area contributed by atoms with Gasteiger partial charge in [-0.25, -0.2) is 9.97 Å². The lowest BCUT2D eigenvalue weighted by Crippen LogP contribution is -2.00. The molecule has 0 aliphatic rings. The molecule has 0 radical (unpaired) electrons. The van der Waals surface area contributed by atoms with Crippen LogP contribution in [0.25, 0.3) is 11.0 Å². The van der Waals surface area contributed by atoms with Crippen LogP contribution in [0.5, 0.6) is 0 Å². The van der Waals surface area contributed by atoms with Crippen LogP contribution in [0, 0.1) is 0 Å². The van der Waals surface area contributed by atoms with Crippen molar-refractivity contribution in [2.24, 2.45) is 0 Å². The van der Waals surface area contributed by atoms with Gasteiger partial charge in [-0.15, -0.1) is 0 Å². The topological polar surface area (TPSA) is 51.8 Å². The van der Waals surface area contributed by atoms with Crippen LogP contribution in [-0.4, -0.2) is 9.97 Å². The Morgan fingerprint density at radius 3 is 2.38 bits per heavy atom. The van der Waals surface area contributed by atoms with Gasteiger partial charge in [0.2, 0.25) is 0 Å². The predicted molar refractivity (Wildman–Crippen MR) is 53.3 cm³/mol. The third kappa shape index (κ3) is 1.33. The Morgan fingerprint density at radius 2 is 1.77 bits per heavy atom. The van der Waals surface area contributed by atoms with Gasteiger partial charge in [0.25, 0.3) is 0 Å². The van der Waals surface area contributed by atoms with E-state index in [-0.39, 0.29) is 0 Å². The molecule has 0 atom stereocenters. The molecular formula is C10H11N3. The van der Waals surface area contributed by atoms with Crippen LogP contribution >= 0.6 is 0 Å². The molecule has 3 nitrogen and oxygen atoms in total. The van der Waals surface area contributed by atoms with Crippen molar-refractivity contribution in [3.8, 4) is 0 Å². The van der Waals surface area contributed by atoms with Crippen LogP contribution in [0.4, 0.5) is 5.82 Å². The number of nitrogens with two attached hydrogens (primary N) is 1. The van der Waals surface area contributed by atoms with Crippen molar-refractivity contribution in [3.63, 3.8) is 0 Å². The fraction of sp³-hybridized carbons (Fsp3) is 0.200. The van der Waals surface area contributed by atoms with Crippen molar-refractivity contribution in [1.82, 2.24) is 9.97 Å². The van der Waals surface area contributed by atoms with E-state index >= 15 is 0 Å². The molecule has 2 aromatic rings. The maximum atomic E-state index is 5.72. The SMILES string of the molecule is CCc1nc2ccccc2nc1N. The minimum Gasteiger partial charge on any atom is -0.382 e. The summed E-state index contributed by atoms with van der Waals surface area (Å²) >= 11 is 0. The fourth-order valence-electron chi connectivity index (χ4n) is 1.31. The first-order valence-corrected chi connectivity index (χ1v) is 4.32. The summed E-state index contributed by atoms with van der Waals surface area (Å²) in [5, 5.41) is 0. The molecule has 1 aromatic carbocycles. The molecule has 0 saturated heterocycles. The molecule has 0 saturated carbocycles. The summed E-state index contributed by atoms with van der Waals surface area (Å²) in [6.07, 6.45) is 0.823. The first kappa shape index (κ1) is 7.98. The predicted octanol–water partition coefficient (Wildman–Crippen LogP) is 1.77. The average Bonchev–Trinajstić information content (AvgIpc) is 2.17. The summed E-state index contributed by atoms with van der Waals surface area (Å²) in [5.74, 6) is 0.543. The fourth-order valence-corrected chi connectivity index (χ4v) is 1.31. The highest BCUT2D eigenvalue weighted by Crippen LogP contribution is 2.13. The molecule has 0 aliphatic heterocycles. The van der Waals surface area contributed by atoms with Crippen LogP contribution in [0.3, 0.4) is 0 Å². The third-order valence-electron chi connectivity index (χ3n) is 2.01. The molecule has 0 spiro atoms. The molecule has 3 heteroatoms. The first-order chi connectivity index (χ1) is 6.31. The Kier molecular flexibility index (Phi) is 1.85. The number of hydrogen-bond acceptors (Lipinski definition) is 3. The van der Waals surface area contributed by atoms with Crippen LogP contribution in [-0.2, 0) is 6.42 Å². The molecule has 2 N–H and O–H groups in total. The van der Waals surface area contributed by atoms with Crippen molar-refractivity contribution in [3.05, 3.63) is 30.0 Å². The monoisotopic (exact) mass is 173 g/mol. The van der Waals surface area contributed by atoms with E-state index in [1.807, 2.05) is 31.2 Å². The van der Waals surface area contributed by atoms with E-state index in [1.54, 1.807) is 0 Å². The standard InChI is InChI=1S/C10H11N3/c1-2-7-10(11)13-9-6-4-3-5-8(9)12-7/h3-6H,2H2,1H3,(H2,11,13). The first-order valence-electron chi connectivity index (χ1n) is 4.32. The van der Waals surface area contributed by atoms with Crippen LogP contribution in [0.15, 0.2) is 24.3 Å². The molecule has 13 heavy (non-hydrogen) atoms. The largest absolute Gasteiger partial charge is 0.382 e. The van der Waals surface area contributed by atoms with Crippen molar-refractivity contribution < 1.29 is 0 Å². The lowest BCUT2D eigenvalue weighted by molar-refractivity contribution is 1.04. The van der Waals surface area contributed by atoms with Crippen LogP contribution < -0.4 is 5.73 Å². The van der Waals surface area contributed by atoms with E-state index in [1.165, 1.54) is 0 Å². The summed E-state index contributed by atoms with van der Waals surface area (Å²) < 4.78 is 0. The smallest absolute Gasteiger partial charge is 0.145 e. The number of aryl methyl sites for hydroxylation is 1. The maximum absolute atomic E-state index is 5.72. The van der Waals surface area contributed by atoms with Gasteiger partial charge in [0.05, 0.1) is 16.7 Å².